The van der Waals surface area contributed by atoms with Crippen LogP contribution < -0.4 is 5.32 Å². The lowest BCUT2D eigenvalue weighted by Gasteiger charge is -2.40. The highest BCUT2D eigenvalue weighted by Gasteiger charge is 2.43. The molecule has 7 heteroatoms. The van der Waals surface area contributed by atoms with Crippen LogP contribution in [0.2, 0.25) is 0 Å². The zero-order valence-corrected chi connectivity index (χ0v) is 12.7. The number of carbonyl (C=O) groups excluding carboxylic acids is 1. The van der Waals surface area contributed by atoms with Crippen LogP contribution in [0, 0.1) is 0 Å². The van der Waals surface area contributed by atoms with E-state index in [9.17, 15) is 20.1 Å². The zero-order valence-electron chi connectivity index (χ0n) is 12.7. The summed E-state index contributed by atoms with van der Waals surface area (Å²) < 4.78 is 5.22. The van der Waals surface area contributed by atoms with Gasteiger partial charge in [0, 0.05) is 6.42 Å². The third kappa shape index (κ3) is 4.73. The van der Waals surface area contributed by atoms with Crippen molar-refractivity contribution in [2.24, 2.45) is 0 Å². The molecule has 23 heavy (non-hydrogen) atoms. The van der Waals surface area contributed by atoms with Crippen molar-refractivity contribution in [2.45, 2.75) is 49.9 Å². The Balaban J connectivity index is 1.79. The average Bonchev–Trinajstić information content (AvgIpc) is 2.56. The molecule has 0 bridgehead atoms. The number of aliphatic hydroxyl groups is 4. The zero-order chi connectivity index (χ0) is 16.8. The number of amides is 1. The molecule has 0 aliphatic carbocycles. The molecule has 1 aromatic carbocycles. The number of benzene rings is 1. The Bertz CT molecular complexity index is 495. The number of hydrogen-bond acceptors (Lipinski definition) is 6. The van der Waals surface area contributed by atoms with Gasteiger partial charge in [-0.2, -0.15) is 0 Å². The first-order valence-electron chi connectivity index (χ1n) is 7.66. The number of hydrogen-bond donors (Lipinski definition) is 5. The van der Waals surface area contributed by atoms with Crippen LogP contribution in [0.5, 0.6) is 0 Å². The van der Waals surface area contributed by atoms with Gasteiger partial charge in [0.05, 0.1) is 6.61 Å². The first-order chi connectivity index (χ1) is 11.0. The second kappa shape index (κ2) is 8.37. The van der Waals surface area contributed by atoms with E-state index in [1.165, 1.54) is 0 Å². The van der Waals surface area contributed by atoms with Gasteiger partial charge < -0.3 is 30.5 Å². The van der Waals surface area contributed by atoms with Crippen molar-refractivity contribution < 1.29 is 30.0 Å². The van der Waals surface area contributed by atoms with Crippen LogP contribution in [0.3, 0.4) is 0 Å². The molecule has 2 rings (SSSR count). The molecule has 0 spiro atoms. The first kappa shape index (κ1) is 17.8. The van der Waals surface area contributed by atoms with E-state index in [2.05, 4.69) is 5.32 Å². The molecule has 5 atom stereocenters. The van der Waals surface area contributed by atoms with Gasteiger partial charge in [-0.1, -0.05) is 30.3 Å². The molecule has 1 saturated heterocycles. The fourth-order valence-corrected chi connectivity index (χ4v) is 2.55. The van der Waals surface area contributed by atoms with Crippen LogP contribution in [0.15, 0.2) is 30.3 Å². The molecule has 1 aliphatic rings. The highest BCUT2D eigenvalue weighted by molar-refractivity contribution is 5.76. The number of rotatable bonds is 6. The minimum absolute atomic E-state index is 0.240. The van der Waals surface area contributed by atoms with E-state index in [0.717, 1.165) is 12.0 Å². The van der Waals surface area contributed by atoms with E-state index in [0.29, 0.717) is 6.42 Å². The Labute approximate surface area is 134 Å². The number of nitrogens with one attached hydrogen (secondary N) is 1. The van der Waals surface area contributed by atoms with Gasteiger partial charge in [-0.3, -0.25) is 4.79 Å². The maximum atomic E-state index is 11.9. The highest BCUT2D eigenvalue weighted by atomic mass is 16.6. The summed E-state index contributed by atoms with van der Waals surface area (Å²) in [5.74, 6) is -0.328. The van der Waals surface area contributed by atoms with Gasteiger partial charge >= 0.3 is 0 Å². The van der Waals surface area contributed by atoms with E-state index in [1.54, 1.807) is 0 Å². The third-order valence-corrected chi connectivity index (χ3v) is 3.91. The second-order valence-electron chi connectivity index (χ2n) is 5.66. The first-order valence-corrected chi connectivity index (χ1v) is 7.66. The van der Waals surface area contributed by atoms with Crippen molar-refractivity contribution in [1.29, 1.82) is 0 Å². The summed E-state index contributed by atoms with van der Waals surface area (Å²) >= 11 is 0. The molecule has 1 heterocycles. The molecule has 0 radical (unpaired) electrons. The highest BCUT2D eigenvalue weighted by Crippen LogP contribution is 2.19. The molecule has 1 aromatic rings. The smallest absolute Gasteiger partial charge is 0.222 e. The van der Waals surface area contributed by atoms with Crippen LogP contribution in [0.25, 0.3) is 0 Å². The molecule has 1 aliphatic heterocycles. The van der Waals surface area contributed by atoms with Gasteiger partial charge in [0.1, 0.15) is 24.4 Å². The van der Waals surface area contributed by atoms with Crippen molar-refractivity contribution >= 4 is 5.91 Å². The third-order valence-electron chi connectivity index (χ3n) is 3.91. The van der Waals surface area contributed by atoms with Gasteiger partial charge in [-0.15, -0.1) is 0 Å². The summed E-state index contributed by atoms with van der Waals surface area (Å²) in [6.45, 7) is -0.522. The van der Waals surface area contributed by atoms with E-state index in [-0.39, 0.29) is 12.3 Å². The second-order valence-corrected chi connectivity index (χ2v) is 5.66. The molecule has 7 nitrogen and oxygen atoms in total. The van der Waals surface area contributed by atoms with E-state index in [1.807, 2.05) is 30.3 Å². The molecule has 1 fully saturated rings. The van der Waals surface area contributed by atoms with Crippen molar-refractivity contribution in [2.75, 3.05) is 6.61 Å². The van der Waals surface area contributed by atoms with Crippen LogP contribution in [0.1, 0.15) is 18.4 Å². The normalized spacial score (nSPS) is 30.9. The summed E-state index contributed by atoms with van der Waals surface area (Å²) in [5.41, 5.74) is 1.13. The summed E-state index contributed by atoms with van der Waals surface area (Å²) in [6.07, 6.45) is -4.93. The minimum atomic E-state index is -1.49. The summed E-state index contributed by atoms with van der Waals surface area (Å²) in [7, 11) is 0. The van der Waals surface area contributed by atoms with Crippen molar-refractivity contribution in [3.05, 3.63) is 35.9 Å². The number of carbonyl (C=O) groups is 1. The van der Waals surface area contributed by atoms with Crippen LogP contribution in [-0.4, -0.2) is 63.6 Å². The molecule has 0 saturated carbocycles. The fourth-order valence-electron chi connectivity index (χ4n) is 2.55. The maximum absolute atomic E-state index is 11.9. The van der Waals surface area contributed by atoms with Crippen molar-refractivity contribution in [1.82, 2.24) is 5.32 Å². The van der Waals surface area contributed by atoms with Crippen LogP contribution in [0.4, 0.5) is 0 Å². The topological polar surface area (TPSA) is 119 Å². The van der Waals surface area contributed by atoms with Gasteiger partial charge in [-0.25, -0.2) is 0 Å². The number of aliphatic hydroxyl groups excluding tert-OH is 4. The Morgan fingerprint density at radius 3 is 2.43 bits per heavy atom. The van der Waals surface area contributed by atoms with Crippen molar-refractivity contribution in [3.8, 4) is 0 Å². The lowest BCUT2D eigenvalue weighted by molar-refractivity contribution is -0.236. The molecular formula is C16H23NO6. The Hall–Kier alpha value is -1.51. The standard InChI is InChI=1S/C16H23NO6/c18-9-11-13(20)14(21)15(22)16(23-11)17-12(19)8-4-7-10-5-2-1-3-6-10/h1-3,5-6,11,13-16,18,20-22H,4,7-9H2,(H,17,19)/t11-,13+,14+,15-,16-/m1/s1. The lowest BCUT2D eigenvalue weighted by atomic mass is 9.98. The van der Waals surface area contributed by atoms with Crippen LogP contribution >= 0.6 is 0 Å². The number of aryl methyl sites for hydroxylation is 1. The van der Waals surface area contributed by atoms with Gasteiger partial charge in [0.25, 0.3) is 0 Å². The molecule has 0 unspecified atom stereocenters. The molecular weight excluding hydrogens is 302 g/mol. The molecule has 1 amide bonds. The molecule has 0 aromatic heterocycles. The van der Waals surface area contributed by atoms with Crippen LogP contribution in [-0.2, 0) is 16.0 Å². The SMILES string of the molecule is O=C(CCCc1ccccc1)N[C@@H]1O[C@H](CO)[C@H](O)[C@H](O)[C@H]1O. The van der Waals surface area contributed by atoms with E-state index in [4.69, 9.17) is 9.84 Å². The Kier molecular flexibility index (Phi) is 6.49. The Morgan fingerprint density at radius 2 is 1.78 bits per heavy atom. The summed E-state index contributed by atoms with van der Waals surface area (Å²) in [5, 5.41) is 40.7. The number of ether oxygens (including phenoxy) is 1. The van der Waals surface area contributed by atoms with Crippen molar-refractivity contribution in [3.63, 3.8) is 0 Å². The van der Waals surface area contributed by atoms with E-state index >= 15 is 0 Å². The summed E-state index contributed by atoms with van der Waals surface area (Å²) in [6, 6.07) is 9.76. The predicted molar refractivity (Wildman–Crippen MR) is 81.3 cm³/mol. The van der Waals surface area contributed by atoms with Gasteiger partial charge in [-0.05, 0) is 18.4 Å². The molecule has 128 valence electrons. The van der Waals surface area contributed by atoms with Gasteiger partial charge in [0.15, 0.2) is 6.23 Å². The Morgan fingerprint density at radius 1 is 1.09 bits per heavy atom. The monoisotopic (exact) mass is 325 g/mol. The fraction of sp³-hybridized carbons (Fsp3) is 0.562. The maximum Gasteiger partial charge on any atom is 0.222 e. The van der Waals surface area contributed by atoms with Gasteiger partial charge in [0.2, 0.25) is 5.91 Å². The summed E-state index contributed by atoms with van der Waals surface area (Å²) in [4.78, 5) is 11.9. The quantitative estimate of drug-likeness (QED) is 0.454. The average molecular weight is 325 g/mol. The predicted octanol–water partition coefficient (Wildman–Crippen LogP) is -1.07. The molecule has 5 N–H and O–H groups in total. The minimum Gasteiger partial charge on any atom is -0.394 e. The van der Waals surface area contributed by atoms with E-state index < -0.39 is 37.3 Å². The lowest BCUT2D eigenvalue weighted by Crippen LogP contribution is -2.63. The largest absolute Gasteiger partial charge is 0.394 e.